The van der Waals surface area contributed by atoms with Crippen LogP contribution in [-0.2, 0) is 0 Å². The Kier molecular flexibility index (Phi) is 8.96. The molecule has 2 heterocycles. The Bertz CT molecular complexity index is 957. The van der Waals surface area contributed by atoms with Crippen molar-refractivity contribution < 1.29 is 4.58 Å². The third kappa shape index (κ3) is 6.42. The van der Waals surface area contributed by atoms with E-state index in [1.807, 2.05) is 0 Å². The monoisotopic (exact) mass is 541 g/mol. The molecule has 0 aromatic carbocycles. The molecule has 0 bridgehead atoms. The minimum atomic E-state index is 0.326. The van der Waals surface area contributed by atoms with E-state index in [9.17, 15) is 0 Å². The van der Waals surface area contributed by atoms with Crippen LogP contribution in [0.2, 0.25) is 0 Å². The maximum atomic E-state index is 2.84. The topological polar surface area (TPSA) is 6.25 Å². The van der Waals surface area contributed by atoms with Crippen LogP contribution in [0.1, 0.15) is 112 Å². The summed E-state index contributed by atoms with van der Waals surface area (Å²) in [4.78, 5) is 2.75. The number of nitrogens with zero attached hydrogens (tertiary/aromatic N) is 2. The smallest absolute Gasteiger partial charge is 0.235 e. The van der Waals surface area contributed by atoms with E-state index in [4.69, 9.17) is 0 Å². The molecule has 0 spiro atoms. The van der Waals surface area contributed by atoms with E-state index >= 15 is 0 Å². The average Bonchev–Trinajstić information content (AvgIpc) is 3.33. The zero-order chi connectivity index (χ0) is 26.2. The lowest BCUT2D eigenvalue weighted by atomic mass is 9.75. The van der Waals surface area contributed by atoms with Gasteiger partial charge in [-0.15, -0.1) is 11.8 Å². The summed E-state index contributed by atoms with van der Waals surface area (Å²) >= 11 is 4.41. The van der Waals surface area contributed by atoms with Crippen LogP contribution in [0.4, 0.5) is 0 Å². The van der Waals surface area contributed by atoms with Gasteiger partial charge in [-0.25, -0.2) is 4.58 Å². The lowest BCUT2D eigenvalue weighted by molar-refractivity contribution is -0.562. The maximum absolute atomic E-state index is 2.84. The van der Waals surface area contributed by atoms with E-state index in [1.165, 1.54) is 77.2 Å². The van der Waals surface area contributed by atoms with Crippen LogP contribution in [0, 0.1) is 17.3 Å². The fourth-order valence-electron chi connectivity index (χ4n) is 7.81. The first-order chi connectivity index (χ1) is 17.8. The van der Waals surface area contributed by atoms with Gasteiger partial charge in [0, 0.05) is 36.8 Å². The van der Waals surface area contributed by atoms with E-state index in [1.54, 1.807) is 21.2 Å². The molecule has 206 valence electrons. The van der Waals surface area contributed by atoms with Crippen LogP contribution in [0.3, 0.4) is 0 Å². The van der Waals surface area contributed by atoms with Crippen molar-refractivity contribution in [3.8, 4) is 0 Å². The first kappa shape index (κ1) is 27.9. The summed E-state index contributed by atoms with van der Waals surface area (Å²) < 4.78 is 2.84. The highest BCUT2D eigenvalue weighted by molar-refractivity contribution is 8.14. The fraction of sp³-hybridized carbons (Fsp3) is 0.788. The molecule has 0 N–H and O–H groups in total. The van der Waals surface area contributed by atoms with Gasteiger partial charge in [0.05, 0.1) is 10.3 Å². The van der Waals surface area contributed by atoms with E-state index in [-0.39, 0.29) is 0 Å². The number of unbranched alkanes of at least 4 members (excludes halogenated alkanes) is 2. The average molecular weight is 542 g/mol. The second kappa shape index (κ2) is 11.9. The van der Waals surface area contributed by atoms with Gasteiger partial charge < -0.3 is 4.90 Å². The molecule has 3 fully saturated rings. The van der Waals surface area contributed by atoms with Gasteiger partial charge >= 0.3 is 0 Å². The Morgan fingerprint density at radius 2 is 1.70 bits per heavy atom. The van der Waals surface area contributed by atoms with Crippen LogP contribution in [-0.4, -0.2) is 50.2 Å². The van der Waals surface area contributed by atoms with Gasteiger partial charge in [-0.3, -0.25) is 0 Å². The summed E-state index contributed by atoms with van der Waals surface area (Å²) in [7, 11) is 0. The third-order valence-electron chi connectivity index (χ3n) is 9.65. The molecule has 1 saturated heterocycles. The lowest BCUT2D eigenvalue weighted by Gasteiger charge is -2.34. The van der Waals surface area contributed by atoms with Crippen LogP contribution in [0.15, 0.2) is 34.4 Å². The van der Waals surface area contributed by atoms with Gasteiger partial charge in [-0.05, 0) is 105 Å². The summed E-state index contributed by atoms with van der Waals surface area (Å²) in [6.45, 7) is 17.0. The van der Waals surface area contributed by atoms with Crippen LogP contribution in [0.25, 0.3) is 0 Å². The number of rotatable bonds is 7. The summed E-state index contributed by atoms with van der Waals surface area (Å²) in [6, 6.07) is 1.53. The van der Waals surface area contributed by atoms with Gasteiger partial charge in [-0.1, -0.05) is 47.1 Å². The minimum Gasteiger partial charge on any atom is -0.363 e. The number of hydrogen-bond donors (Lipinski definition) is 0. The Morgan fingerprint density at radius 1 is 0.946 bits per heavy atom. The van der Waals surface area contributed by atoms with Crippen molar-refractivity contribution >= 4 is 28.6 Å². The maximum Gasteiger partial charge on any atom is 0.235 e. The predicted molar refractivity (Wildman–Crippen MR) is 166 cm³/mol. The number of hydrogen-bond acceptors (Lipinski definition) is 3. The molecule has 2 aliphatic heterocycles. The second-order valence-corrected chi connectivity index (χ2v) is 16.3. The molecule has 4 heteroatoms. The van der Waals surface area contributed by atoms with E-state index in [2.05, 4.69) is 92.8 Å². The molecule has 0 amide bonds. The van der Waals surface area contributed by atoms with Gasteiger partial charge in [0.1, 0.15) is 6.54 Å². The summed E-state index contributed by atoms with van der Waals surface area (Å²) in [6.07, 6.45) is 22.6. The third-order valence-corrected chi connectivity index (χ3v) is 12.5. The Labute approximate surface area is 236 Å². The summed E-state index contributed by atoms with van der Waals surface area (Å²) in [5.74, 6) is 1.78. The predicted octanol–water partition coefficient (Wildman–Crippen LogP) is 9.03. The molecular weight excluding hydrogens is 489 g/mol. The van der Waals surface area contributed by atoms with Crippen molar-refractivity contribution in [3.63, 3.8) is 0 Å². The van der Waals surface area contributed by atoms with E-state index in [0.29, 0.717) is 5.41 Å². The van der Waals surface area contributed by atoms with Crippen molar-refractivity contribution in [1.29, 1.82) is 0 Å². The molecule has 0 aromatic heterocycles. The SMILES string of the molecule is CCCCC[N+]1=C(/C=C2C=C(/C=C3\SC4CC(C)CCC4N3CC)CC(C)(C)C/2)SC2CC(C)CCC21. The highest BCUT2D eigenvalue weighted by atomic mass is 32.2. The van der Waals surface area contributed by atoms with Crippen molar-refractivity contribution in [2.75, 3.05) is 13.1 Å². The standard InChI is InChI=1S/C33H53N2S2/c1-7-9-10-15-35-28-14-12-24(4)17-30(28)37-32(35)20-26-18-25(21-33(5,6)22-26)19-31-34(8-2)27-13-11-23(3)16-29(27)36-31/h18-20,23-24,27-30H,7-17,21-22H2,1-6H3/q+1. The van der Waals surface area contributed by atoms with Gasteiger partial charge in [0.2, 0.25) is 5.04 Å². The molecule has 6 unspecified atom stereocenters. The Hall–Kier alpha value is -0.610. The quantitative estimate of drug-likeness (QED) is 0.234. The molecule has 5 aliphatic rings. The van der Waals surface area contributed by atoms with Crippen molar-refractivity contribution in [2.45, 2.75) is 135 Å². The molecule has 2 saturated carbocycles. The van der Waals surface area contributed by atoms with Crippen molar-refractivity contribution in [1.82, 2.24) is 4.90 Å². The largest absolute Gasteiger partial charge is 0.363 e. The summed E-state index contributed by atoms with van der Waals surface area (Å²) in [5, 5.41) is 4.74. The van der Waals surface area contributed by atoms with Gasteiger partial charge in [0.15, 0.2) is 6.04 Å². The van der Waals surface area contributed by atoms with Crippen LogP contribution >= 0.6 is 23.5 Å². The van der Waals surface area contributed by atoms with Crippen LogP contribution < -0.4 is 0 Å². The van der Waals surface area contributed by atoms with E-state index in [0.717, 1.165) is 41.0 Å². The van der Waals surface area contributed by atoms with Crippen molar-refractivity contribution in [3.05, 3.63) is 34.4 Å². The lowest BCUT2D eigenvalue weighted by Crippen LogP contribution is -2.38. The molecule has 2 nitrogen and oxygen atoms in total. The molecule has 0 radical (unpaired) electrons. The fourth-order valence-corrected chi connectivity index (χ4v) is 11.4. The van der Waals surface area contributed by atoms with E-state index < -0.39 is 0 Å². The first-order valence-corrected chi connectivity index (χ1v) is 17.4. The van der Waals surface area contributed by atoms with Crippen molar-refractivity contribution in [2.24, 2.45) is 17.3 Å². The normalized spacial score (nSPS) is 37.8. The zero-order valence-electron chi connectivity index (χ0n) is 24.6. The molecular formula is C33H53N2S2+. The Morgan fingerprint density at radius 3 is 2.46 bits per heavy atom. The first-order valence-electron chi connectivity index (χ1n) is 15.6. The molecule has 3 aliphatic carbocycles. The molecule has 5 rings (SSSR count). The highest BCUT2D eigenvalue weighted by Crippen LogP contribution is 2.48. The minimum absolute atomic E-state index is 0.326. The second-order valence-electron chi connectivity index (χ2n) is 13.7. The Balaban J connectivity index is 1.42. The number of thioether (sulfide) groups is 2. The van der Waals surface area contributed by atoms with Gasteiger partial charge in [0.25, 0.3) is 0 Å². The highest BCUT2D eigenvalue weighted by Gasteiger charge is 2.45. The molecule has 0 aromatic rings. The summed E-state index contributed by atoms with van der Waals surface area (Å²) in [5.41, 5.74) is 3.45. The number of allylic oxidation sites excluding steroid dienone is 4. The molecule has 6 atom stereocenters. The van der Waals surface area contributed by atoms with Crippen LogP contribution in [0.5, 0.6) is 0 Å². The van der Waals surface area contributed by atoms with Gasteiger partial charge in [-0.2, -0.15) is 0 Å². The number of fused-ring (bicyclic) bond motifs is 2. The molecule has 37 heavy (non-hydrogen) atoms. The zero-order valence-corrected chi connectivity index (χ0v) is 26.2.